The molecule has 1 amide bonds. The van der Waals surface area contributed by atoms with E-state index in [0.717, 1.165) is 31.2 Å². The zero-order valence-corrected chi connectivity index (χ0v) is 16.6. The zero-order valence-electron chi connectivity index (χ0n) is 16.6. The van der Waals surface area contributed by atoms with Crippen molar-refractivity contribution in [2.24, 2.45) is 0 Å². The van der Waals surface area contributed by atoms with Crippen LogP contribution in [0.15, 0.2) is 30.0 Å². The lowest BCUT2D eigenvalue weighted by molar-refractivity contribution is -0.117. The average Bonchev–Trinajstić information content (AvgIpc) is 2.71. The van der Waals surface area contributed by atoms with Gasteiger partial charge in [0.05, 0.1) is 6.04 Å². The molecule has 0 saturated heterocycles. The highest BCUT2D eigenvalue weighted by Crippen LogP contribution is 2.25. The van der Waals surface area contributed by atoms with Crippen molar-refractivity contribution < 1.29 is 4.79 Å². The molecule has 4 heteroatoms. The van der Waals surface area contributed by atoms with Crippen molar-refractivity contribution in [1.82, 2.24) is 10.2 Å². The molecule has 3 rings (SSSR count). The first kappa shape index (κ1) is 19.5. The third-order valence-corrected chi connectivity index (χ3v) is 6.07. The van der Waals surface area contributed by atoms with Crippen LogP contribution >= 0.6 is 0 Å². The van der Waals surface area contributed by atoms with Crippen molar-refractivity contribution >= 4 is 5.91 Å². The lowest BCUT2D eigenvalue weighted by atomic mass is 9.89. The number of rotatable bonds is 5. The Labute approximate surface area is 163 Å². The predicted octanol–water partition coefficient (Wildman–Crippen LogP) is 4.41. The summed E-state index contributed by atoms with van der Waals surface area (Å²) in [6, 6.07) is 8.95. The Bertz CT molecular complexity index is 740. The number of carbonyl (C=O) groups excluding carboxylic acids is 1. The fourth-order valence-corrected chi connectivity index (χ4v) is 4.32. The molecule has 1 saturated carbocycles. The molecule has 0 aliphatic heterocycles. The van der Waals surface area contributed by atoms with Crippen LogP contribution in [0.2, 0.25) is 0 Å². The number of amides is 1. The van der Waals surface area contributed by atoms with Gasteiger partial charge in [0.25, 0.3) is 5.91 Å². The number of nitrogens with one attached hydrogen (secondary N) is 1. The molecule has 0 aromatic heterocycles. The fraction of sp³-hybridized carbons (Fsp3) is 0.565. The van der Waals surface area contributed by atoms with Gasteiger partial charge < -0.3 is 10.2 Å². The van der Waals surface area contributed by atoms with Crippen LogP contribution in [0.1, 0.15) is 74.6 Å². The second-order valence-corrected chi connectivity index (χ2v) is 8.04. The molecule has 1 fully saturated rings. The van der Waals surface area contributed by atoms with E-state index in [1.165, 1.54) is 43.2 Å². The van der Waals surface area contributed by atoms with E-state index in [1.807, 2.05) is 14.0 Å². The van der Waals surface area contributed by atoms with Crippen LogP contribution in [0.4, 0.5) is 0 Å². The molecule has 1 atom stereocenters. The molecule has 0 radical (unpaired) electrons. The molecule has 0 bridgehead atoms. The van der Waals surface area contributed by atoms with Crippen molar-refractivity contribution in [2.45, 2.75) is 76.8 Å². The van der Waals surface area contributed by atoms with Crippen LogP contribution in [-0.2, 0) is 17.6 Å². The second-order valence-electron chi connectivity index (χ2n) is 8.04. The van der Waals surface area contributed by atoms with Gasteiger partial charge in [-0.05, 0) is 62.1 Å². The van der Waals surface area contributed by atoms with Gasteiger partial charge in [0.1, 0.15) is 11.6 Å². The summed E-state index contributed by atoms with van der Waals surface area (Å²) >= 11 is 0. The normalized spacial score (nSPS) is 18.9. The van der Waals surface area contributed by atoms with Crippen molar-refractivity contribution in [3.63, 3.8) is 0 Å². The van der Waals surface area contributed by atoms with Crippen molar-refractivity contribution in [2.75, 3.05) is 7.05 Å². The number of carbonyl (C=O) groups is 1. The fourth-order valence-electron chi connectivity index (χ4n) is 4.32. The van der Waals surface area contributed by atoms with Gasteiger partial charge in [-0.3, -0.25) is 4.79 Å². The summed E-state index contributed by atoms with van der Waals surface area (Å²) in [5, 5.41) is 12.5. The smallest absolute Gasteiger partial charge is 0.263 e. The highest BCUT2D eigenvalue weighted by Gasteiger charge is 2.20. The summed E-state index contributed by atoms with van der Waals surface area (Å²) in [5.74, 6) is -0.287. The van der Waals surface area contributed by atoms with Gasteiger partial charge in [0, 0.05) is 19.3 Å². The average molecular weight is 366 g/mol. The van der Waals surface area contributed by atoms with Crippen molar-refractivity contribution in [3.05, 3.63) is 46.7 Å². The largest absolute Gasteiger partial charge is 0.376 e. The van der Waals surface area contributed by atoms with Gasteiger partial charge in [0.15, 0.2) is 0 Å². The van der Waals surface area contributed by atoms with Gasteiger partial charge in [-0.15, -0.1) is 0 Å². The van der Waals surface area contributed by atoms with Gasteiger partial charge in [0.2, 0.25) is 0 Å². The van der Waals surface area contributed by atoms with E-state index in [2.05, 4.69) is 34.5 Å². The maximum atomic E-state index is 12.6. The molecule has 2 aliphatic carbocycles. The monoisotopic (exact) mass is 365 g/mol. The van der Waals surface area contributed by atoms with E-state index in [4.69, 9.17) is 0 Å². The molecule has 4 nitrogen and oxygen atoms in total. The maximum Gasteiger partial charge on any atom is 0.263 e. The molecule has 1 unspecified atom stereocenters. The maximum absolute atomic E-state index is 12.6. The third-order valence-electron chi connectivity index (χ3n) is 6.07. The minimum atomic E-state index is -0.287. The summed E-state index contributed by atoms with van der Waals surface area (Å²) in [6.45, 7) is 1.99. The lowest BCUT2D eigenvalue weighted by Crippen LogP contribution is -2.32. The minimum Gasteiger partial charge on any atom is -0.376 e. The molecular formula is C23H31N3O. The highest BCUT2D eigenvalue weighted by atomic mass is 16.1. The van der Waals surface area contributed by atoms with Gasteiger partial charge in [-0.25, -0.2) is 0 Å². The Balaban J connectivity index is 1.65. The molecule has 144 valence electrons. The second kappa shape index (κ2) is 9.08. The van der Waals surface area contributed by atoms with Crippen molar-refractivity contribution in [3.8, 4) is 6.07 Å². The van der Waals surface area contributed by atoms with E-state index in [0.29, 0.717) is 6.04 Å². The molecule has 2 aliphatic rings. The van der Waals surface area contributed by atoms with Crippen LogP contribution in [0.5, 0.6) is 0 Å². The summed E-state index contributed by atoms with van der Waals surface area (Å²) in [5.41, 5.74) is 4.15. The molecule has 0 heterocycles. The van der Waals surface area contributed by atoms with Gasteiger partial charge >= 0.3 is 0 Å². The number of hydrogen-bond acceptors (Lipinski definition) is 3. The van der Waals surface area contributed by atoms with E-state index in [1.54, 1.807) is 6.20 Å². The van der Waals surface area contributed by atoms with Crippen LogP contribution < -0.4 is 5.32 Å². The molecular weight excluding hydrogens is 334 g/mol. The topological polar surface area (TPSA) is 56.1 Å². The van der Waals surface area contributed by atoms with Gasteiger partial charge in [-0.2, -0.15) is 5.26 Å². The quantitative estimate of drug-likeness (QED) is 0.621. The molecule has 27 heavy (non-hydrogen) atoms. The van der Waals surface area contributed by atoms with E-state index in [-0.39, 0.29) is 17.5 Å². The predicted molar refractivity (Wildman–Crippen MR) is 108 cm³/mol. The zero-order chi connectivity index (χ0) is 19.2. The number of nitriles is 1. The first-order valence-corrected chi connectivity index (χ1v) is 10.3. The Morgan fingerprint density at radius 2 is 1.89 bits per heavy atom. The van der Waals surface area contributed by atoms with E-state index in [9.17, 15) is 10.1 Å². The summed E-state index contributed by atoms with van der Waals surface area (Å²) in [4.78, 5) is 14.7. The van der Waals surface area contributed by atoms with Crippen LogP contribution in [0.3, 0.4) is 0 Å². The first-order chi connectivity index (χ1) is 13.1. The molecule has 1 aromatic carbocycles. The van der Waals surface area contributed by atoms with E-state index < -0.39 is 0 Å². The number of nitrogens with zero attached hydrogens (tertiary/aromatic N) is 2. The van der Waals surface area contributed by atoms with Crippen molar-refractivity contribution in [1.29, 1.82) is 5.26 Å². The molecule has 1 aromatic rings. The van der Waals surface area contributed by atoms with E-state index >= 15 is 0 Å². The molecule has 1 N–H and O–H groups in total. The Hall–Kier alpha value is -2.28. The first-order valence-electron chi connectivity index (χ1n) is 10.3. The Kier molecular flexibility index (Phi) is 6.55. The summed E-state index contributed by atoms with van der Waals surface area (Å²) in [7, 11) is 1.98. The van der Waals surface area contributed by atoms with Crippen LogP contribution in [-0.4, -0.2) is 23.9 Å². The van der Waals surface area contributed by atoms with Crippen LogP contribution in [0.25, 0.3) is 0 Å². The third kappa shape index (κ3) is 4.91. The number of fused-ring (bicyclic) bond motifs is 1. The van der Waals surface area contributed by atoms with Gasteiger partial charge in [-0.1, -0.05) is 37.5 Å². The summed E-state index contributed by atoms with van der Waals surface area (Å²) < 4.78 is 0. The summed E-state index contributed by atoms with van der Waals surface area (Å²) in [6.07, 6.45) is 12.5. The number of benzene rings is 1. The van der Waals surface area contributed by atoms with Crippen LogP contribution in [0, 0.1) is 11.3 Å². The SMILES string of the molecule is CC(NC(=O)/C(C#N)=C\N(C)C1CCCCC1)c1ccc2c(c1)CCCC2. The number of hydrogen-bond donors (Lipinski definition) is 1. The highest BCUT2D eigenvalue weighted by molar-refractivity contribution is 5.97. The Morgan fingerprint density at radius 3 is 2.59 bits per heavy atom. The Morgan fingerprint density at radius 1 is 1.19 bits per heavy atom. The number of aryl methyl sites for hydroxylation is 2. The lowest BCUT2D eigenvalue weighted by Gasteiger charge is -2.30. The standard InChI is InChI=1S/C23H31N3O/c1-17(19-13-12-18-8-6-7-9-20(18)14-19)25-23(27)21(15-24)16-26(2)22-10-4-3-5-11-22/h12-14,16-17,22H,3-11H2,1-2H3,(H,25,27)/b21-16-. The molecule has 0 spiro atoms. The minimum absolute atomic E-state index is 0.110.